The van der Waals surface area contributed by atoms with Crippen LogP contribution in [0.5, 0.6) is 0 Å². The van der Waals surface area contributed by atoms with E-state index in [9.17, 15) is 9.59 Å². The second kappa shape index (κ2) is 9.46. The van der Waals surface area contributed by atoms with E-state index in [0.29, 0.717) is 11.3 Å². The fraction of sp³-hybridized carbons (Fsp3) is 0.300. The molecule has 0 spiro atoms. The van der Waals surface area contributed by atoms with E-state index in [0.717, 1.165) is 24.5 Å². The summed E-state index contributed by atoms with van der Waals surface area (Å²) in [5.41, 5.74) is 3.02. The predicted molar refractivity (Wildman–Crippen MR) is 102 cm³/mol. The Bertz CT molecular complexity index is 764. The molecule has 0 saturated heterocycles. The minimum absolute atomic E-state index is 0.00488. The first-order valence-electron chi connectivity index (χ1n) is 8.65. The van der Waals surface area contributed by atoms with Crippen LogP contribution in [-0.4, -0.2) is 29.9 Å². The first-order chi connectivity index (χ1) is 12.5. The number of hydrogen-bond donors (Lipinski definition) is 1. The van der Waals surface area contributed by atoms with Gasteiger partial charge in [-0.25, -0.2) is 0 Å². The van der Waals surface area contributed by atoms with Crippen molar-refractivity contribution in [1.29, 1.82) is 0 Å². The summed E-state index contributed by atoms with van der Waals surface area (Å²) in [7, 11) is 0. The number of azo groups is 1. The number of carboxylic acids is 1. The molecule has 0 bridgehead atoms. The number of anilines is 1. The highest BCUT2D eigenvalue weighted by Crippen LogP contribution is 2.22. The van der Waals surface area contributed by atoms with Crippen LogP contribution in [0.3, 0.4) is 0 Å². The summed E-state index contributed by atoms with van der Waals surface area (Å²) in [6.45, 7) is 6.14. The molecule has 136 valence electrons. The molecule has 0 aliphatic rings. The number of carboxylic acid groups (broad SMARTS) is 1. The van der Waals surface area contributed by atoms with Gasteiger partial charge in [-0.1, -0.05) is 0 Å². The molecule has 0 saturated carbocycles. The predicted octanol–water partition coefficient (Wildman–Crippen LogP) is 5.00. The van der Waals surface area contributed by atoms with Gasteiger partial charge in [0.25, 0.3) is 0 Å². The van der Waals surface area contributed by atoms with Gasteiger partial charge in [0.1, 0.15) is 0 Å². The molecule has 2 rings (SSSR count). The average molecular weight is 353 g/mol. The third kappa shape index (κ3) is 5.51. The van der Waals surface area contributed by atoms with Gasteiger partial charge in [-0.15, -0.1) is 0 Å². The highest BCUT2D eigenvalue weighted by molar-refractivity contribution is 5.97. The topological polar surface area (TPSA) is 82.3 Å². The van der Waals surface area contributed by atoms with Crippen LogP contribution >= 0.6 is 0 Å². The molecule has 0 aromatic heterocycles. The van der Waals surface area contributed by atoms with Gasteiger partial charge in [0.15, 0.2) is 5.78 Å². The third-order valence-corrected chi connectivity index (χ3v) is 4.01. The monoisotopic (exact) mass is 353 g/mol. The normalized spacial score (nSPS) is 10.8. The van der Waals surface area contributed by atoms with Crippen molar-refractivity contribution >= 4 is 28.8 Å². The minimum atomic E-state index is -0.976. The van der Waals surface area contributed by atoms with Crippen LogP contribution in [0.4, 0.5) is 17.1 Å². The lowest BCUT2D eigenvalue weighted by atomic mass is 10.1. The summed E-state index contributed by atoms with van der Waals surface area (Å²) >= 11 is 0. The zero-order valence-corrected chi connectivity index (χ0v) is 15.1. The number of carbonyl (C=O) groups is 2. The van der Waals surface area contributed by atoms with E-state index in [-0.39, 0.29) is 18.6 Å². The molecule has 0 radical (unpaired) electrons. The molecule has 2 aromatic rings. The number of nitrogens with zero attached hydrogens (tertiary/aromatic N) is 3. The minimum Gasteiger partial charge on any atom is -0.481 e. The zero-order valence-electron chi connectivity index (χ0n) is 15.1. The summed E-state index contributed by atoms with van der Waals surface area (Å²) in [5, 5.41) is 17.0. The Morgan fingerprint density at radius 3 is 1.81 bits per heavy atom. The van der Waals surface area contributed by atoms with Crippen LogP contribution in [0, 0.1) is 0 Å². The number of carbonyl (C=O) groups excluding carboxylic acids is 1. The molecule has 6 heteroatoms. The van der Waals surface area contributed by atoms with E-state index in [4.69, 9.17) is 5.11 Å². The summed E-state index contributed by atoms with van der Waals surface area (Å²) in [4.78, 5) is 24.6. The number of ketones is 1. The molecule has 0 unspecified atom stereocenters. The molecule has 0 heterocycles. The van der Waals surface area contributed by atoms with Gasteiger partial charge in [0.05, 0.1) is 17.8 Å². The first-order valence-corrected chi connectivity index (χ1v) is 8.65. The van der Waals surface area contributed by atoms with E-state index in [1.54, 1.807) is 24.3 Å². The van der Waals surface area contributed by atoms with Gasteiger partial charge in [-0.05, 0) is 62.4 Å². The Morgan fingerprint density at radius 2 is 1.35 bits per heavy atom. The number of benzene rings is 2. The van der Waals surface area contributed by atoms with Crippen molar-refractivity contribution in [2.75, 3.05) is 18.0 Å². The van der Waals surface area contributed by atoms with Gasteiger partial charge < -0.3 is 10.0 Å². The van der Waals surface area contributed by atoms with Crippen LogP contribution < -0.4 is 4.90 Å². The van der Waals surface area contributed by atoms with Crippen LogP contribution in [0.25, 0.3) is 0 Å². The Hall–Kier alpha value is -3.02. The summed E-state index contributed by atoms with van der Waals surface area (Å²) < 4.78 is 0. The number of rotatable bonds is 9. The van der Waals surface area contributed by atoms with Crippen molar-refractivity contribution in [3.05, 3.63) is 54.1 Å². The van der Waals surface area contributed by atoms with Gasteiger partial charge in [0.2, 0.25) is 0 Å². The van der Waals surface area contributed by atoms with Gasteiger partial charge in [-0.2, -0.15) is 10.2 Å². The Balaban J connectivity index is 2.00. The molecule has 0 atom stereocenters. The molecule has 6 nitrogen and oxygen atoms in total. The molecule has 0 amide bonds. The lowest BCUT2D eigenvalue weighted by Gasteiger charge is -2.20. The summed E-state index contributed by atoms with van der Waals surface area (Å²) in [6.07, 6.45) is -0.168. The van der Waals surface area contributed by atoms with E-state index < -0.39 is 5.97 Å². The van der Waals surface area contributed by atoms with E-state index >= 15 is 0 Å². The maximum atomic E-state index is 11.9. The van der Waals surface area contributed by atoms with Gasteiger partial charge in [-0.3, -0.25) is 9.59 Å². The maximum absolute atomic E-state index is 11.9. The van der Waals surface area contributed by atoms with Crippen molar-refractivity contribution < 1.29 is 14.7 Å². The van der Waals surface area contributed by atoms with E-state index in [1.807, 2.05) is 24.3 Å². The van der Waals surface area contributed by atoms with Crippen molar-refractivity contribution in [2.24, 2.45) is 10.2 Å². The molecule has 0 fully saturated rings. The number of hydrogen-bond acceptors (Lipinski definition) is 5. The average Bonchev–Trinajstić information content (AvgIpc) is 2.67. The standard InChI is InChI=1S/C20H23N3O3/c1-3-23(4-2)18-11-9-17(10-12-18)22-21-16-7-5-15(6-8-16)19(24)13-14-20(25)26/h5-12H,3-4,13-14H2,1-2H3,(H,25,26). The largest absolute Gasteiger partial charge is 0.481 e. The molecule has 0 aliphatic heterocycles. The van der Waals surface area contributed by atoms with Crippen molar-refractivity contribution in [1.82, 2.24) is 0 Å². The fourth-order valence-electron chi connectivity index (χ4n) is 2.51. The van der Waals surface area contributed by atoms with Gasteiger partial charge >= 0.3 is 5.97 Å². The van der Waals surface area contributed by atoms with E-state index in [1.165, 1.54) is 0 Å². The lowest BCUT2D eigenvalue weighted by Crippen LogP contribution is -2.21. The van der Waals surface area contributed by atoms with Crippen LogP contribution in [0.1, 0.15) is 37.0 Å². The fourth-order valence-corrected chi connectivity index (χ4v) is 2.51. The second-order valence-corrected chi connectivity index (χ2v) is 5.75. The third-order valence-electron chi connectivity index (χ3n) is 4.01. The molecule has 0 aliphatic carbocycles. The second-order valence-electron chi connectivity index (χ2n) is 5.75. The van der Waals surface area contributed by atoms with Crippen molar-refractivity contribution in [2.45, 2.75) is 26.7 Å². The quantitative estimate of drug-likeness (QED) is 0.508. The first kappa shape index (κ1) is 19.3. The highest BCUT2D eigenvalue weighted by atomic mass is 16.4. The number of Topliss-reactive ketones (excluding diaryl/α,β-unsaturated/α-hetero) is 1. The smallest absolute Gasteiger partial charge is 0.303 e. The zero-order chi connectivity index (χ0) is 18.9. The molecule has 26 heavy (non-hydrogen) atoms. The Kier molecular flexibility index (Phi) is 7.02. The van der Waals surface area contributed by atoms with Gasteiger partial charge in [0, 0.05) is 30.8 Å². The van der Waals surface area contributed by atoms with Crippen LogP contribution in [0.2, 0.25) is 0 Å². The Labute approximate surface area is 153 Å². The lowest BCUT2D eigenvalue weighted by molar-refractivity contribution is -0.136. The maximum Gasteiger partial charge on any atom is 0.303 e. The van der Waals surface area contributed by atoms with E-state index in [2.05, 4.69) is 29.0 Å². The molecular formula is C20H23N3O3. The molecular weight excluding hydrogens is 330 g/mol. The Morgan fingerprint density at radius 1 is 0.846 bits per heavy atom. The number of aliphatic carboxylic acids is 1. The van der Waals surface area contributed by atoms with Crippen LogP contribution in [0.15, 0.2) is 58.8 Å². The molecule has 1 N–H and O–H groups in total. The SMILES string of the molecule is CCN(CC)c1ccc(N=Nc2ccc(C(=O)CCC(=O)O)cc2)cc1. The summed E-state index contributed by atoms with van der Waals surface area (Å²) in [5.74, 6) is -1.17. The highest BCUT2D eigenvalue weighted by Gasteiger charge is 2.08. The van der Waals surface area contributed by atoms with Crippen molar-refractivity contribution in [3.8, 4) is 0 Å². The van der Waals surface area contributed by atoms with Crippen molar-refractivity contribution in [3.63, 3.8) is 0 Å². The molecule has 2 aromatic carbocycles. The van der Waals surface area contributed by atoms with Crippen LogP contribution in [-0.2, 0) is 4.79 Å². The summed E-state index contributed by atoms with van der Waals surface area (Å²) in [6, 6.07) is 14.5.